The summed E-state index contributed by atoms with van der Waals surface area (Å²) in [4.78, 5) is 25.2. The maximum atomic E-state index is 11.6. The van der Waals surface area contributed by atoms with Crippen molar-refractivity contribution in [1.29, 1.82) is 0 Å². The summed E-state index contributed by atoms with van der Waals surface area (Å²) < 4.78 is 11.0. The average Bonchev–Trinajstić information content (AvgIpc) is 3.56. The first-order chi connectivity index (χ1) is 18.5. The lowest BCUT2D eigenvalue weighted by Gasteiger charge is -2.30. The van der Waals surface area contributed by atoms with Crippen molar-refractivity contribution in [3.63, 3.8) is 0 Å². The zero-order valence-corrected chi connectivity index (χ0v) is 22.2. The van der Waals surface area contributed by atoms with Crippen LogP contribution in [0.3, 0.4) is 0 Å². The number of carboxylic acids is 1. The second kappa shape index (κ2) is 9.50. The van der Waals surface area contributed by atoms with E-state index in [1.807, 2.05) is 6.07 Å². The summed E-state index contributed by atoms with van der Waals surface area (Å²) in [6.45, 7) is 4.58. The van der Waals surface area contributed by atoms with E-state index in [1.54, 1.807) is 29.5 Å². The molecule has 7 rings (SSSR count). The number of carbonyl (C=O) groups is 1. The van der Waals surface area contributed by atoms with Crippen molar-refractivity contribution in [1.82, 2.24) is 24.0 Å². The van der Waals surface area contributed by atoms with Crippen LogP contribution in [0, 0.1) is 0 Å². The van der Waals surface area contributed by atoms with Gasteiger partial charge in [-0.2, -0.15) is 0 Å². The van der Waals surface area contributed by atoms with Gasteiger partial charge in [-0.05, 0) is 48.4 Å². The lowest BCUT2D eigenvalue weighted by molar-refractivity contribution is -0.0592. The van der Waals surface area contributed by atoms with E-state index in [1.165, 1.54) is 16.0 Å². The maximum Gasteiger partial charge on any atom is 0.335 e. The molecule has 0 aliphatic carbocycles. The molecule has 0 bridgehead atoms. The molecule has 1 N–H and O–H groups in total. The Kier molecular flexibility index (Phi) is 5.96. The highest BCUT2D eigenvalue weighted by Gasteiger charge is 2.26. The van der Waals surface area contributed by atoms with Crippen molar-refractivity contribution in [2.24, 2.45) is 0 Å². The number of thiophene rings is 1. The van der Waals surface area contributed by atoms with E-state index in [-0.39, 0.29) is 11.7 Å². The number of aromatic carboxylic acids is 1. The first-order valence-electron chi connectivity index (χ1n) is 12.8. The minimum Gasteiger partial charge on any atom is -0.478 e. The Labute approximate surface area is 228 Å². The Morgan fingerprint density at radius 2 is 2.03 bits per heavy atom. The zero-order valence-electron chi connectivity index (χ0n) is 20.6. The van der Waals surface area contributed by atoms with Gasteiger partial charge in [-0.1, -0.05) is 23.7 Å². The fraction of sp³-hybridized carbons (Fsp3) is 0.321. The van der Waals surface area contributed by atoms with Crippen molar-refractivity contribution >= 4 is 51.0 Å². The Bertz CT molecular complexity index is 1680. The SMILES string of the molecule is O=C(O)c1ccc2nc(CN3CCn4c(nc5c(Cc6ccc(Cl)s6)cccc54)C3)n(C[C@@H]3CCO3)c2c1. The number of ether oxygens (including phenoxy) is 1. The predicted molar refractivity (Wildman–Crippen MR) is 147 cm³/mol. The minimum atomic E-state index is -0.933. The molecule has 1 saturated heterocycles. The Balaban J connectivity index is 1.18. The monoisotopic (exact) mass is 547 g/mol. The second-order valence-corrected chi connectivity index (χ2v) is 11.8. The van der Waals surface area contributed by atoms with E-state index >= 15 is 0 Å². The van der Waals surface area contributed by atoms with Gasteiger partial charge in [0.25, 0.3) is 0 Å². The number of rotatable bonds is 7. The van der Waals surface area contributed by atoms with E-state index in [0.717, 1.165) is 71.6 Å². The van der Waals surface area contributed by atoms with Gasteiger partial charge in [0.1, 0.15) is 11.6 Å². The van der Waals surface area contributed by atoms with Gasteiger partial charge in [0.15, 0.2) is 0 Å². The first kappa shape index (κ1) is 23.8. The highest BCUT2D eigenvalue weighted by Crippen LogP contribution is 2.30. The summed E-state index contributed by atoms with van der Waals surface area (Å²) in [5, 5.41) is 9.52. The molecule has 1 atom stereocenters. The number of para-hydroxylation sites is 1. The normalized spacial score (nSPS) is 17.7. The fourth-order valence-corrected chi connectivity index (χ4v) is 6.63. The number of imidazole rings is 2. The highest BCUT2D eigenvalue weighted by molar-refractivity contribution is 7.16. The maximum absolute atomic E-state index is 11.6. The Morgan fingerprint density at radius 1 is 1.13 bits per heavy atom. The third-order valence-corrected chi connectivity index (χ3v) is 8.79. The topological polar surface area (TPSA) is 85.4 Å². The molecule has 8 nitrogen and oxygen atoms in total. The van der Waals surface area contributed by atoms with Gasteiger partial charge in [0.2, 0.25) is 0 Å². The van der Waals surface area contributed by atoms with E-state index < -0.39 is 5.97 Å². The van der Waals surface area contributed by atoms with Gasteiger partial charge in [-0.3, -0.25) is 4.90 Å². The van der Waals surface area contributed by atoms with Gasteiger partial charge >= 0.3 is 5.97 Å². The van der Waals surface area contributed by atoms with E-state index in [4.69, 9.17) is 26.3 Å². The van der Waals surface area contributed by atoms with E-state index in [0.29, 0.717) is 13.1 Å². The number of hydrogen-bond donors (Lipinski definition) is 1. The van der Waals surface area contributed by atoms with Crippen LogP contribution < -0.4 is 0 Å². The van der Waals surface area contributed by atoms with Crippen molar-refractivity contribution in [2.45, 2.75) is 45.1 Å². The number of carboxylic acid groups (broad SMARTS) is 1. The van der Waals surface area contributed by atoms with Crippen LogP contribution >= 0.6 is 22.9 Å². The summed E-state index contributed by atoms with van der Waals surface area (Å²) in [6, 6.07) is 15.6. The molecule has 0 amide bonds. The van der Waals surface area contributed by atoms with Crippen molar-refractivity contribution < 1.29 is 14.6 Å². The number of fused-ring (bicyclic) bond motifs is 4. The molecule has 194 valence electrons. The third kappa shape index (κ3) is 4.29. The third-order valence-electron chi connectivity index (χ3n) is 7.56. The van der Waals surface area contributed by atoms with Crippen LogP contribution in [0.2, 0.25) is 4.34 Å². The van der Waals surface area contributed by atoms with E-state index in [2.05, 4.69) is 38.3 Å². The van der Waals surface area contributed by atoms with E-state index in [9.17, 15) is 9.90 Å². The van der Waals surface area contributed by atoms with Gasteiger partial charge < -0.3 is 19.0 Å². The summed E-state index contributed by atoms with van der Waals surface area (Å²) >= 11 is 7.78. The van der Waals surface area contributed by atoms with Gasteiger partial charge in [0, 0.05) is 31.0 Å². The Hall–Kier alpha value is -3.24. The predicted octanol–water partition coefficient (Wildman–Crippen LogP) is 5.19. The molecular weight excluding hydrogens is 522 g/mol. The minimum absolute atomic E-state index is 0.141. The molecule has 2 aliphatic heterocycles. The standard InChI is InChI=1S/C28H26ClN5O3S/c29-24-7-5-20(38-24)12-17-2-1-3-22-27(17)31-26-16-32(9-10-33(22)26)15-25-30-21-6-4-18(28(35)36)13-23(21)34(25)14-19-8-11-37-19/h1-7,13,19H,8-12,14-16H2,(H,35,36)/t19-/m0/s1. The molecular formula is C28H26ClN5O3S. The summed E-state index contributed by atoms with van der Waals surface area (Å²) in [6.07, 6.45) is 1.97. The highest BCUT2D eigenvalue weighted by atomic mass is 35.5. The molecule has 2 aromatic carbocycles. The molecule has 5 heterocycles. The number of nitrogens with zero attached hydrogens (tertiary/aromatic N) is 5. The van der Waals surface area contributed by atoms with Gasteiger partial charge in [-0.25, -0.2) is 14.8 Å². The van der Waals surface area contributed by atoms with Crippen LogP contribution in [-0.4, -0.2) is 54.3 Å². The van der Waals surface area contributed by atoms with Gasteiger partial charge in [0.05, 0.1) is 57.7 Å². The molecule has 2 aliphatic rings. The zero-order chi connectivity index (χ0) is 25.8. The van der Waals surface area contributed by atoms with Crippen LogP contribution in [0.25, 0.3) is 22.1 Å². The summed E-state index contributed by atoms with van der Waals surface area (Å²) in [5.41, 5.74) is 5.38. The molecule has 0 radical (unpaired) electrons. The fourth-order valence-electron chi connectivity index (χ4n) is 5.52. The van der Waals surface area contributed by atoms with Crippen molar-refractivity contribution in [2.75, 3.05) is 13.2 Å². The largest absolute Gasteiger partial charge is 0.478 e. The first-order valence-corrected chi connectivity index (χ1v) is 14.0. The second-order valence-electron chi connectivity index (χ2n) is 9.99. The van der Waals surface area contributed by atoms with Crippen LogP contribution in [0.1, 0.15) is 38.9 Å². The molecule has 0 saturated carbocycles. The molecule has 5 aromatic rings. The number of halogens is 1. The Morgan fingerprint density at radius 3 is 2.79 bits per heavy atom. The van der Waals surface area contributed by atoms with Gasteiger partial charge in [-0.15, -0.1) is 11.3 Å². The molecule has 38 heavy (non-hydrogen) atoms. The lowest BCUT2D eigenvalue weighted by Crippen LogP contribution is -2.35. The summed E-state index contributed by atoms with van der Waals surface area (Å²) in [5.74, 6) is 1.05. The van der Waals surface area contributed by atoms with Crippen molar-refractivity contribution in [3.05, 3.63) is 80.5 Å². The summed E-state index contributed by atoms with van der Waals surface area (Å²) in [7, 11) is 0. The smallest absolute Gasteiger partial charge is 0.335 e. The quantitative estimate of drug-likeness (QED) is 0.302. The lowest BCUT2D eigenvalue weighted by atomic mass is 10.1. The average molecular weight is 548 g/mol. The van der Waals surface area contributed by atoms with Crippen molar-refractivity contribution in [3.8, 4) is 0 Å². The van der Waals surface area contributed by atoms with Crippen LogP contribution in [-0.2, 0) is 37.3 Å². The van der Waals surface area contributed by atoms with Crippen LogP contribution in [0.4, 0.5) is 0 Å². The molecule has 0 unspecified atom stereocenters. The molecule has 10 heteroatoms. The number of hydrogen-bond acceptors (Lipinski definition) is 6. The van der Waals surface area contributed by atoms with Crippen LogP contribution in [0.15, 0.2) is 48.5 Å². The number of benzene rings is 2. The molecule has 0 spiro atoms. The van der Waals surface area contributed by atoms with Crippen LogP contribution in [0.5, 0.6) is 0 Å². The molecule has 3 aromatic heterocycles. The number of aromatic nitrogens is 4. The molecule has 1 fully saturated rings.